The maximum absolute atomic E-state index is 12.2. The largest absolute Gasteiger partial charge is 0.462 e. The second kappa shape index (κ2) is 7.91. The molecule has 1 aliphatic heterocycles. The third kappa shape index (κ3) is 4.42. The first-order valence-electron chi connectivity index (χ1n) is 6.51. The molecule has 1 unspecified atom stereocenters. The van der Waals surface area contributed by atoms with E-state index in [0.29, 0.717) is 18.2 Å². The Hall–Kier alpha value is 0.840. The summed E-state index contributed by atoms with van der Waals surface area (Å²) in [7, 11) is 2.14. The van der Waals surface area contributed by atoms with Crippen molar-refractivity contribution in [1.82, 2.24) is 4.90 Å². The lowest BCUT2D eigenvalue weighted by atomic mass is 10.1. The van der Waals surface area contributed by atoms with Crippen LogP contribution in [0.25, 0.3) is 0 Å². The number of rotatable bonds is 4. The van der Waals surface area contributed by atoms with Crippen molar-refractivity contribution < 1.29 is 9.53 Å². The van der Waals surface area contributed by atoms with Crippen molar-refractivity contribution in [3.63, 3.8) is 0 Å². The smallest absolute Gasteiger partial charge is 0.339 e. The molecular weight excluding hydrogens is 595 g/mol. The van der Waals surface area contributed by atoms with Crippen LogP contribution in [0.2, 0.25) is 0 Å². The molecule has 0 bridgehead atoms. The maximum atomic E-state index is 12.2. The molecule has 3 nitrogen and oxygen atoms in total. The summed E-state index contributed by atoms with van der Waals surface area (Å²) in [6.45, 7) is 1.66. The molecule has 1 atom stereocenters. The molecule has 0 aromatic heterocycles. The van der Waals surface area contributed by atoms with Crippen LogP contribution < -0.4 is 0 Å². The van der Waals surface area contributed by atoms with Crippen molar-refractivity contribution >= 4 is 73.7 Å². The van der Waals surface area contributed by atoms with Crippen molar-refractivity contribution in [3.05, 3.63) is 28.4 Å². The molecule has 1 aromatic rings. The Morgan fingerprint density at radius 3 is 2.80 bits per heavy atom. The van der Waals surface area contributed by atoms with E-state index in [-0.39, 0.29) is 5.97 Å². The van der Waals surface area contributed by atoms with E-state index in [1.54, 1.807) is 0 Å². The molecule has 0 saturated carbocycles. The van der Waals surface area contributed by atoms with Crippen LogP contribution in [-0.4, -0.2) is 37.1 Å². The molecule has 0 radical (unpaired) electrons. The zero-order chi connectivity index (χ0) is 14.7. The van der Waals surface area contributed by atoms with Gasteiger partial charge in [0.25, 0.3) is 0 Å². The Morgan fingerprint density at radius 1 is 1.40 bits per heavy atom. The van der Waals surface area contributed by atoms with Gasteiger partial charge in [-0.3, -0.25) is 0 Å². The lowest BCUT2D eigenvalue weighted by Crippen LogP contribution is -2.26. The van der Waals surface area contributed by atoms with Crippen LogP contribution in [0, 0.1) is 10.7 Å². The third-order valence-electron chi connectivity index (χ3n) is 3.57. The molecule has 1 fully saturated rings. The zero-order valence-electron chi connectivity index (χ0n) is 11.2. The van der Waals surface area contributed by atoms with E-state index in [4.69, 9.17) is 4.74 Å². The normalized spacial score (nSPS) is 19.3. The Morgan fingerprint density at radius 2 is 2.15 bits per heavy atom. The standard InChI is InChI=1S/C14H16I3NO2/c1-18-5-2-3-10(18)4-6-20-14(19)11-7-9(15)8-12(16)13(11)17/h7-8,10H,2-6H2,1H3. The molecule has 6 heteroatoms. The van der Waals surface area contributed by atoms with Gasteiger partial charge in [0.1, 0.15) is 0 Å². The molecular formula is C14H16I3NO2. The molecule has 0 N–H and O–H groups in total. The minimum atomic E-state index is -0.202. The van der Waals surface area contributed by atoms with E-state index >= 15 is 0 Å². The van der Waals surface area contributed by atoms with Crippen LogP contribution in [-0.2, 0) is 4.74 Å². The number of carbonyl (C=O) groups excluding carboxylic acids is 1. The van der Waals surface area contributed by atoms with Crippen molar-refractivity contribution in [2.45, 2.75) is 25.3 Å². The Labute approximate surface area is 160 Å². The summed E-state index contributed by atoms with van der Waals surface area (Å²) in [5.74, 6) is -0.202. The summed E-state index contributed by atoms with van der Waals surface area (Å²) in [6.07, 6.45) is 3.40. The van der Waals surface area contributed by atoms with Crippen LogP contribution in [0.4, 0.5) is 0 Å². The Kier molecular flexibility index (Phi) is 6.80. The minimum Gasteiger partial charge on any atom is -0.462 e. The van der Waals surface area contributed by atoms with Gasteiger partial charge in [-0.2, -0.15) is 0 Å². The molecule has 1 heterocycles. The third-order valence-corrected chi connectivity index (χ3v) is 7.24. The van der Waals surface area contributed by atoms with E-state index in [1.165, 1.54) is 12.8 Å². The number of nitrogens with zero attached hydrogens (tertiary/aromatic N) is 1. The lowest BCUT2D eigenvalue weighted by molar-refractivity contribution is 0.0474. The topological polar surface area (TPSA) is 29.5 Å². The fourth-order valence-corrected chi connectivity index (χ4v) is 4.79. The second-order valence-electron chi connectivity index (χ2n) is 4.95. The van der Waals surface area contributed by atoms with E-state index in [0.717, 1.165) is 23.7 Å². The van der Waals surface area contributed by atoms with Crippen LogP contribution in [0.3, 0.4) is 0 Å². The van der Waals surface area contributed by atoms with Crippen LogP contribution >= 0.6 is 67.8 Å². The van der Waals surface area contributed by atoms with Crippen LogP contribution in [0.15, 0.2) is 12.1 Å². The van der Waals surface area contributed by atoms with Gasteiger partial charge in [-0.1, -0.05) is 0 Å². The Bertz CT molecular complexity index is 507. The van der Waals surface area contributed by atoms with Gasteiger partial charge < -0.3 is 9.64 Å². The van der Waals surface area contributed by atoms with Crippen molar-refractivity contribution in [1.29, 1.82) is 0 Å². The highest BCUT2D eigenvalue weighted by molar-refractivity contribution is 14.1. The average molecular weight is 611 g/mol. The Balaban J connectivity index is 1.92. The summed E-state index contributed by atoms with van der Waals surface area (Å²) < 4.78 is 8.59. The van der Waals surface area contributed by atoms with Crippen LogP contribution in [0.1, 0.15) is 29.6 Å². The summed E-state index contributed by atoms with van der Waals surface area (Å²) in [5.41, 5.74) is 0.682. The first kappa shape index (κ1) is 17.2. The van der Waals surface area contributed by atoms with Crippen molar-refractivity contribution in [3.8, 4) is 0 Å². The van der Waals surface area contributed by atoms with E-state index in [2.05, 4.69) is 85.8 Å². The summed E-state index contributed by atoms with van der Waals surface area (Å²) in [5, 5.41) is 0. The number of ether oxygens (including phenoxy) is 1. The number of likely N-dealkylation sites (tertiary alicyclic amines) is 1. The van der Waals surface area contributed by atoms with Gasteiger partial charge in [0.2, 0.25) is 0 Å². The first-order chi connectivity index (χ1) is 9.49. The summed E-state index contributed by atoms with van der Waals surface area (Å²) in [6, 6.07) is 4.53. The molecule has 110 valence electrons. The molecule has 0 spiro atoms. The molecule has 0 aliphatic carbocycles. The van der Waals surface area contributed by atoms with E-state index in [9.17, 15) is 4.79 Å². The number of hydrogen-bond donors (Lipinski definition) is 0. The number of benzene rings is 1. The number of halogens is 3. The van der Waals surface area contributed by atoms with Gasteiger partial charge in [-0.05, 0) is 113 Å². The monoisotopic (exact) mass is 611 g/mol. The zero-order valence-corrected chi connectivity index (χ0v) is 17.6. The maximum Gasteiger partial charge on any atom is 0.339 e. The number of esters is 1. The van der Waals surface area contributed by atoms with Gasteiger partial charge >= 0.3 is 5.97 Å². The quantitative estimate of drug-likeness (QED) is 0.292. The molecule has 1 saturated heterocycles. The highest BCUT2D eigenvalue weighted by atomic mass is 127. The number of carbonyl (C=O) groups is 1. The van der Waals surface area contributed by atoms with Gasteiger partial charge in [0.05, 0.1) is 12.2 Å². The molecule has 2 rings (SSSR count). The fraction of sp³-hybridized carbons (Fsp3) is 0.500. The highest BCUT2D eigenvalue weighted by Gasteiger charge is 2.21. The first-order valence-corrected chi connectivity index (χ1v) is 9.74. The molecule has 20 heavy (non-hydrogen) atoms. The molecule has 1 aliphatic rings. The predicted molar refractivity (Wildman–Crippen MR) is 105 cm³/mol. The SMILES string of the molecule is CN1CCCC1CCOC(=O)c1cc(I)cc(I)c1I. The van der Waals surface area contributed by atoms with Gasteiger partial charge in [0, 0.05) is 16.8 Å². The highest BCUT2D eigenvalue weighted by Crippen LogP contribution is 2.24. The van der Waals surface area contributed by atoms with Gasteiger partial charge in [-0.15, -0.1) is 0 Å². The second-order valence-corrected chi connectivity index (χ2v) is 8.44. The average Bonchev–Trinajstić information content (AvgIpc) is 2.79. The van der Waals surface area contributed by atoms with Crippen molar-refractivity contribution in [2.24, 2.45) is 0 Å². The van der Waals surface area contributed by atoms with Gasteiger partial charge in [-0.25, -0.2) is 4.79 Å². The fourth-order valence-electron chi connectivity index (χ4n) is 2.41. The number of hydrogen-bond acceptors (Lipinski definition) is 3. The van der Waals surface area contributed by atoms with Crippen LogP contribution in [0.5, 0.6) is 0 Å². The minimum absolute atomic E-state index is 0.202. The predicted octanol–water partition coefficient (Wildman–Crippen LogP) is 4.14. The molecule has 0 amide bonds. The summed E-state index contributed by atoms with van der Waals surface area (Å²) >= 11 is 6.69. The van der Waals surface area contributed by atoms with Crippen molar-refractivity contribution in [2.75, 3.05) is 20.2 Å². The van der Waals surface area contributed by atoms with E-state index in [1.807, 2.05) is 6.07 Å². The lowest BCUT2D eigenvalue weighted by Gasteiger charge is -2.19. The van der Waals surface area contributed by atoms with E-state index < -0.39 is 0 Å². The molecule has 1 aromatic carbocycles. The van der Waals surface area contributed by atoms with Gasteiger partial charge in [0.15, 0.2) is 0 Å². The summed E-state index contributed by atoms with van der Waals surface area (Å²) in [4.78, 5) is 14.5.